The fourth-order valence-electron chi connectivity index (χ4n) is 2.02. The number of amides is 2. The van der Waals surface area contributed by atoms with Crippen molar-refractivity contribution in [2.24, 2.45) is 5.92 Å². The van der Waals surface area contributed by atoms with Gasteiger partial charge in [-0.1, -0.05) is 15.9 Å². The molecule has 2 rings (SSSR count). The summed E-state index contributed by atoms with van der Waals surface area (Å²) in [4.78, 5) is 24.0. The molecule has 104 valence electrons. The zero-order chi connectivity index (χ0) is 14.7. The van der Waals surface area contributed by atoms with Crippen molar-refractivity contribution in [2.75, 3.05) is 18.4 Å². The lowest BCUT2D eigenvalue weighted by Gasteiger charge is -2.38. The second-order valence-electron chi connectivity index (χ2n) is 4.60. The lowest BCUT2D eigenvalue weighted by Crippen LogP contribution is -2.52. The molecule has 1 aromatic rings. The predicted molar refractivity (Wildman–Crippen MR) is 75.2 cm³/mol. The molecule has 7 heteroatoms. The SMILES string of the molecule is N#Cc1cc(Br)ccc1NC(=O)N1CC(CC(=O)O)C1. The van der Waals surface area contributed by atoms with Crippen molar-refractivity contribution in [3.8, 4) is 6.07 Å². The van der Waals surface area contributed by atoms with Crippen LogP contribution in [0.2, 0.25) is 0 Å². The molecule has 0 bridgehead atoms. The number of carbonyl (C=O) groups excluding carboxylic acids is 1. The van der Waals surface area contributed by atoms with E-state index in [-0.39, 0.29) is 18.4 Å². The Morgan fingerprint density at radius 2 is 2.20 bits per heavy atom. The van der Waals surface area contributed by atoms with Crippen LogP contribution in [0.5, 0.6) is 0 Å². The summed E-state index contributed by atoms with van der Waals surface area (Å²) in [6.45, 7) is 0.854. The number of nitrogens with zero attached hydrogens (tertiary/aromatic N) is 2. The Bertz CT molecular complexity index is 591. The van der Waals surface area contributed by atoms with Crippen molar-refractivity contribution in [1.29, 1.82) is 5.26 Å². The van der Waals surface area contributed by atoms with Crippen molar-refractivity contribution in [1.82, 2.24) is 4.90 Å². The molecular weight excluding hydrogens is 326 g/mol. The summed E-state index contributed by atoms with van der Waals surface area (Å²) in [5, 5.41) is 20.3. The van der Waals surface area contributed by atoms with Crippen LogP contribution in [0.15, 0.2) is 22.7 Å². The Balaban J connectivity index is 1.94. The number of hydrogen-bond donors (Lipinski definition) is 2. The first-order valence-electron chi connectivity index (χ1n) is 5.97. The van der Waals surface area contributed by atoms with Gasteiger partial charge in [0.15, 0.2) is 0 Å². The summed E-state index contributed by atoms with van der Waals surface area (Å²) in [5.41, 5.74) is 0.817. The Morgan fingerprint density at radius 3 is 2.80 bits per heavy atom. The molecule has 1 aliphatic rings. The molecule has 0 radical (unpaired) electrons. The number of rotatable bonds is 3. The van der Waals surface area contributed by atoms with Crippen LogP contribution < -0.4 is 5.32 Å². The van der Waals surface area contributed by atoms with Gasteiger partial charge in [0.25, 0.3) is 0 Å². The van der Waals surface area contributed by atoms with Crippen molar-refractivity contribution in [2.45, 2.75) is 6.42 Å². The summed E-state index contributed by atoms with van der Waals surface area (Å²) in [6, 6.07) is 6.70. The largest absolute Gasteiger partial charge is 0.481 e. The minimum atomic E-state index is -0.852. The topological polar surface area (TPSA) is 93.4 Å². The Morgan fingerprint density at radius 1 is 1.50 bits per heavy atom. The molecule has 1 aromatic carbocycles. The molecule has 0 unspecified atom stereocenters. The number of anilines is 1. The zero-order valence-electron chi connectivity index (χ0n) is 10.5. The molecule has 0 aromatic heterocycles. The summed E-state index contributed by atoms with van der Waals surface area (Å²) in [6.07, 6.45) is 0.0749. The van der Waals surface area contributed by atoms with E-state index >= 15 is 0 Å². The van der Waals surface area contributed by atoms with Gasteiger partial charge in [0.05, 0.1) is 17.7 Å². The van der Waals surface area contributed by atoms with Crippen LogP contribution in [0.25, 0.3) is 0 Å². The normalized spacial score (nSPS) is 14.3. The molecular formula is C13H12BrN3O3. The third-order valence-electron chi connectivity index (χ3n) is 3.05. The third-order valence-corrected chi connectivity index (χ3v) is 3.54. The first kappa shape index (κ1) is 14.3. The molecule has 20 heavy (non-hydrogen) atoms. The summed E-state index contributed by atoms with van der Waals surface area (Å²) in [7, 11) is 0. The van der Waals surface area contributed by atoms with Gasteiger partial charge in [-0.15, -0.1) is 0 Å². The highest BCUT2D eigenvalue weighted by atomic mass is 79.9. The van der Waals surface area contributed by atoms with Gasteiger partial charge < -0.3 is 15.3 Å². The van der Waals surface area contributed by atoms with E-state index in [0.717, 1.165) is 4.47 Å². The summed E-state index contributed by atoms with van der Waals surface area (Å²) < 4.78 is 0.762. The van der Waals surface area contributed by atoms with E-state index in [1.54, 1.807) is 18.2 Å². The van der Waals surface area contributed by atoms with E-state index in [9.17, 15) is 9.59 Å². The van der Waals surface area contributed by atoms with E-state index in [4.69, 9.17) is 10.4 Å². The molecule has 0 saturated carbocycles. The van der Waals surface area contributed by atoms with Crippen molar-refractivity contribution < 1.29 is 14.7 Å². The van der Waals surface area contributed by atoms with Gasteiger partial charge in [-0.05, 0) is 18.2 Å². The number of nitrogens with one attached hydrogen (secondary N) is 1. The second-order valence-corrected chi connectivity index (χ2v) is 5.52. The third kappa shape index (κ3) is 3.27. The van der Waals surface area contributed by atoms with E-state index < -0.39 is 5.97 Å². The lowest BCUT2D eigenvalue weighted by atomic mass is 9.97. The van der Waals surface area contributed by atoms with E-state index in [1.165, 1.54) is 4.90 Å². The average Bonchev–Trinajstić information content (AvgIpc) is 2.34. The van der Waals surface area contributed by atoms with Crippen molar-refractivity contribution >= 4 is 33.6 Å². The highest BCUT2D eigenvalue weighted by Gasteiger charge is 2.32. The second kappa shape index (κ2) is 5.92. The fraction of sp³-hybridized carbons (Fsp3) is 0.308. The Kier molecular flexibility index (Phi) is 4.25. The number of urea groups is 1. The van der Waals surface area contributed by atoms with Crippen LogP contribution in [-0.2, 0) is 4.79 Å². The Hall–Kier alpha value is -2.07. The van der Waals surface area contributed by atoms with Crippen molar-refractivity contribution in [3.05, 3.63) is 28.2 Å². The number of carboxylic acid groups (broad SMARTS) is 1. The number of nitriles is 1. The fourth-order valence-corrected chi connectivity index (χ4v) is 2.39. The van der Waals surface area contributed by atoms with E-state index in [1.807, 2.05) is 6.07 Å². The molecule has 0 atom stereocenters. The smallest absolute Gasteiger partial charge is 0.321 e. The first-order chi connectivity index (χ1) is 9.49. The summed E-state index contributed by atoms with van der Waals surface area (Å²) in [5.74, 6) is -0.840. The minimum Gasteiger partial charge on any atom is -0.481 e. The van der Waals surface area contributed by atoms with Crippen LogP contribution in [0.3, 0.4) is 0 Å². The molecule has 0 spiro atoms. The number of likely N-dealkylation sites (tertiary alicyclic amines) is 1. The molecule has 1 heterocycles. The lowest BCUT2D eigenvalue weighted by molar-refractivity contribution is -0.139. The van der Waals surface area contributed by atoms with Gasteiger partial charge in [0.2, 0.25) is 0 Å². The predicted octanol–water partition coefficient (Wildman–Crippen LogP) is 2.26. The number of aliphatic carboxylic acids is 1. The summed E-state index contributed by atoms with van der Waals surface area (Å²) >= 11 is 3.26. The van der Waals surface area contributed by atoms with Gasteiger partial charge in [0.1, 0.15) is 6.07 Å². The first-order valence-corrected chi connectivity index (χ1v) is 6.76. The number of benzene rings is 1. The maximum Gasteiger partial charge on any atom is 0.321 e. The van der Waals surface area contributed by atoms with Gasteiger partial charge >= 0.3 is 12.0 Å². The highest BCUT2D eigenvalue weighted by Crippen LogP contribution is 2.23. The van der Waals surface area contributed by atoms with Gasteiger partial charge in [-0.2, -0.15) is 5.26 Å². The highest BCUT2D eigenvalue weighted by molar-refractivity contribution is 9.10. The van der Waals surface area contributed by atoms with Crippen LogP contribution in [0, 0.1) is 17.2 Å². The van der Waals surface area contributed by atoms with Crippen LogP contribution in [-0.4, -0.2) is 35.1 Å². The van der Waals surface area contributed by atoms with Crippen LogP contribution >= 0.6 is 15.9 Å². The van der Waals surface area contributed by atoms with Gasteiger partial charge in [0, 0.05) is 23.5 Å². The maximum atomic E-state index is 11.9. The van der Waals surface area contributed by atoms with Crippen molar-refractivity contribution in [3.63, 3.8) is 0 Å². The molecule has 6 nitrogen and oxygen atoms in total. The van der Waals surface area contributed by atoms with E-state index in [0.29, 0.717) is 24.3 Å². The average molecular weight is 338 g/mol. The number of hydrogen-bond acceptors (Lipinski definition) is 3. The standard InChI is InChI=1S/C13H12BrN3O3/c14-10-1-2-11(9(4-10)5-15)16-13(20)17-6-8(7-17)3-12(18)19/h1-2,4,8H,3,6-7H2,(H,16,20)(H,18,19). The van der Waals surface area contributed by atoms with Gasteiger partial charge in [-0.3, -0.25) is 4.79 Å². The quantitative estimate of drug-likeness (QED) is 0.884. The molecule has 2 amide bonds. The maximum absolute atomic E-state index is 11.9. The molecule has 0 aliphatic carbocycles. The van der Waals surface area contributed by atoms with E-state index in [2.05, 4.69) is 21.2 Å². The monoisotopic (exact) mass is 337 g/mol. The number of halogens is 1. The zero-order valence-corrected chi connectivity index (χ0v) is 12.1. The minimum absolute atomic E-state index is 0.0126. The molecule has 2 N–H and O–H groups in total. The Labute approximate surface area is 124 Å². The van der Waals surface area contributed by atoms with Crippen LogP contribution in [0.1, 0.15) is 12.0 Å². The van der Waals surface area contributed by atoms with Crippen LogP contribution in [0.4, 0.5) is 10.5 Å². The molecule has 1 fully saturated rings. The number of carboxylic acids is 1. The molecule has 1 saturated heterocycles. The number of carbonyl (C=O) groups is 2. The van der Waals surface area contributed by atoms with Gasteiger partial charge in [-0.25, -0.2) is 4.79 Å². The molecule has 1 aliphatic heterocycles.